The van der Waals surface area contributed by atoms with Gasteiger partial charge >= 0.3 is 0 Å². The van der Waals surface area contributed by atoms with Crippen LogP contribution in [0.25, 0.3) is 0 Å². The van der Waals surface area contributed by atoms with Crippen molar-refractivity contribution in [3.05, 3.63) is 49.8 Å². The number of nitrogens with two attached hydrogens (primary N) is 1. The molecular weight excluding hydrogens is 407 g/mol. The molecule has 0 bridgehead atoms. The number of hydrazine groups is 1. The van der Waals surface area contributed by atoms with E-state index in [0.717, 1.165) is 22.3 Å². The largest absolute Gasteiger partial charge is 0.271 e. The highest BCUT2D eigenvalue weighted by molar-refractivity contribution is 14.1. The third kappa shape index (κ3) is 2.76. The zero-order valence-electron chi connectivity index (χ0n) is 9.90. The van der Waals surface area contributed by atoms with Crippen molar-refractivity contribution in [1.29, 1.82) is 0 Å². The first-order valence-electron chi connectivity index (χ1n) is 5.60. The smallest absolute Gasteiger partial charge is 0.0888 e. The van der Waals surface area contributed by atoms with Gasteiger partial charge in [-0.05, 0) is 59.3 Å². The van der Waals surface area contributed by atoms with Crippen molar-refractivity contribution in [3.63, 3.8) is 0 Å². The molecule has 0 radical (unpaired) electrons. The Labute approximate surface area is 128 Å². The normalized spacial score (nSPS) is 12.7. The molecule has 0 aliphatic rings. The van der Waals surface area contributed by atoms with E-state index in [1.54, 1.807) is 6.20 Å². The van der Waals surface area contributed by atoms with E-state index >= 15 is 0 Å². The summed E-state index contributed by atoms with van der Waals surface area (Å²) in [7, 11) is 0. The molecule has 0 amide bonds. The summed E-state index contributed by atoms with van der Waals surface area (Å²) in [5.74, 6) is 5.73. The van der Waals surface area contributed by atoms with E-state index in [2.05, 4.69) is 68.1 Å². The van der Waals surface area contributed by atoms with Gasteiger partial charge in [0.25, 0.3) is 0 Å². The molecule has 0 saturated carbocycles. The van der Waals surface area contributed by atoms with Crippen LogP contribution in [-0.2, 0) is 6.54 Å². The van der Waals surface area contributed by atoms with Gasteiger partial charge in [-0.3, -0.25) is 10.5 Å². The van der Waals surface area contributed by atoms with E-state index in [-0.39, 0.29) is 6.04 Å². The summed E-state index contributed by atoms with van der Waals surface area (Å²) in [6.07, 6.45) is 1.80. The molecule has 2 aromatic rings. The fourth-order valence-corrected chi connectivity index (χ4v) is 2.95. The fourth-order valence-electron chi connectivity index (χ4n) is 1.92. The Hall–Kier alpha value is -0.440. The van der Waals surface area contributed by atoms with E-state index in [1.165, 1.54) is 3.57 Å². The van der Waals surface area contributed by atoms with E-state index in [9.17, 15) is 0 Å². The predicted molar refractivity (Wildman–Crippen MR) is 83.9 cm³/mol. The average molecular weight is 421 g/mol. The molecule has 0 spiro atoms. The maximum absolute atomic E-state index is 5.73. The molecule has 1 aromatic carbocycles. The number of benzene rings is 1. The Kier molecular flexibility index (Phi) is 4.77. The molecule has 6 heteroatoms. The molecule has 4 nitrogen and oxygen atoms in total. The van der Waals surface area contributed by atoms with Gasteiger partial charge in [0.05, 0.1) is 11.7 Å². The minimum Gasteiger partial charge on any atom is -0.271 e. The SMILES string of the molecule is CCn1nccc1C(NN)c1cc(Br)ccc1I. The van der Waals surface area contributed by atoms with E-state index in [1.807, 2.05) is 16.8 Å². The molecular formula is C12H14BrIN4. The van der Waals surface area contributed by atoms with Crippen LogP contribution >= 0.6 is 38.5 Å². The molecule has 0 saturated heterocycles. The van der Waals surface area contributed by atoms with Gasteiger partial charge in [0.2, 0.25) is 0 Å². The van der Waals surface area contributed by atoms with Gasteiger partial charge in [0, 0.05) is 20.8 Å². The lowest BCUT2D eigenvalue weighted by atomic mass is 10.0. The van der Waals surface area contributed by atoms with E-state index in [0.29, 0.717) is 0 Å². The summed E-state index contributed by atoms with van der Waals surface area (Å²) in [4.78, 5) is 0. The zero-order valence-corrected chi connectivity index (χ0v) is 13.6. The molecule has 0 fully saturated rings. The van der Waals surface area contributed by atoms with Crippen LogP contribution in [-0.4, -0.2) is 9.78 Å². The second-order valence-electron chi connectivity index (χ2n) is 3.84. The van der Waals surface area contributed by atoms with Gasteiger partial charge in [0.15, 0.2) is 0 Å². The highest BCUT2D eigenvalue weighted by Gasteiger charge is 2.19. The zero-order chi connectivity index (χ0) is 13.1. The van der Waals surface area contributed by atoms with E-state index < -0.39 is 0 Å². The third-order valence-corrected chi connectivity index (χ3v) is 4.26. The summed E-state index contributed by atoms with van der Waals surface area (Å²) in [6.45, 7) is 2.89. The standard InChI is InChI=1S/C12H14BrIN4/c1-2-18-11(5-6-16-18)12(17-15)9-7-8(13)3-4-10(9)14/h3-7,12,17H,2,15H2,1H3. The van der Waals surface area contributed by atoms with Gasteiger partial charge in [-0.1, -0.05) is 15.9 Å². The van der Waals surface area contributed by atoms with Crippen LogP contribution in [0.5, 0.6) is 0 Å². The second kappa shape index (κ2) is 6.14. The van der Waals surface area contributed by atoms with Crippen molar-refractivity contribution < 1.29 is 0 Å². The van der Waals surface area contributed by atoms with Gasteiger partial charge in [-0.25, -0.2) is 5.43 Å². The Morgan fingerprint density at radius 1 is 1.50 bits per heavy atom. The van der Waals surface area contributed by atoms with Crippen molar-refractivity contribution in [1.82, 2.24) is 15.2 Å². The minimum atomic E-state index is -0.0585. The molecule has 1 atom stereocenters. The van der Waals surface area contributed by atoms with Crippen LogP contribution in [0.15, 0.2) is 34.9 Å². The summed E-state index contributed by atoms with van der Waals surface area (Å²) >= 11 is 5.82. The topological polar surface area (TPSA) is 55.9 Å². The quantitative estimate of drug-likeness (QED) is 0.454. The summed E-state index contributed by atoms with van der Waals surface area (Å²) in [5, 5.41) is 4.29. The average Bonchev–Trinajstić information content (AvgIpc) is 2.83. The molecule has 2 rings (SSSR count). The van der Waals surface area contributed by atoms with Crippen LogP contribution in [0.1, 0.15) is 24.2 Å². The predicted octanol–water partition coefficient (Wildman–Crippen LogP) is 2.82. The summed E-state index contributed by atoms with van der Waals surface area (Å²) < 4.78 is 4.16. The number of aryl methyl sites for hydroxylation is 1. The first kappa shape index (κ1) is 14.0. The van der Waals surface area contributed by atoms with Crippen LogP contribution in [0.3, 0.4) is 0 Å². The Morgan fingerprint density at radius 3 is 2.94 bits per heavy atom. The number of hydrogen-bond donors (Lipinski definition) is 2. The van der Waals surface area contributed by atoms with Crippen molar-refractivity contribution in [2.45, 2.75) is 19.5 Å². The maximum Gasteiger partial charge on any atom is 0.0888 e. The molecule has 1 unspecified atom stereocenters. The Morgan fingerprint density at radius 2 is 2.28 bits per heavy atom. The van der Waals surface area contributed by atoms with Crippen LogP contribution < -0.4 is 11.3 Å². The van der Waals surface area contributed by atoms with Crippen LogP contribution in [0.2, 0.25) is 0 Å². The number of rotatable bonds is 4. The van der Waals surface area contributed by atoms with Crippen molar-refractivity contribution in [2.24, 2.45) is 5.84 Å². The Balaban J connectivity index is 2.48. The first-order valence-corrected chi connectivity index (χ1v) is 7.47. The molecule has 0 aliphatic carbocycles. The lowest BCUT2D eigenvalue weighted by molar-refractivity contribution is 0.542. The fraction of sp³-hybridized carbons (Fsp3) is 0.250. The highest BCUT2D eigenvalue weighted by Crippen LogP contribution is 2.28. The van der Waals surface area contributed by atoms with Crippen molar-refractivity contribution in [3.8, 4) is 0 Å². The summed E-state index contributed by atoms with van der Waals surface area (Å²) in [6, 6.07) is 8.11. The molecule has 3 N–H and O–H groups in total. The third-order valence-electron chi connectivity index (χ3n) is 2.78. The number of halogens is 2. The number of aromatic nitrogens is 2. The van der Waals surface area contributed by atoms with Crippen LogP contribution in [0, 0.1) is 3.57 Å². The van der Waals surface area contributed by atoms with Gasteiger partial charge < -0.3 is 0 Å². The molecule has 0 aliphatic heterocycles. The monoisotopic (exact) mass is 420 g/mol. The van der Waals surface area contributed by atoms with Gasteiger partial charge in [-0.2, -0.15) is 5.10 Å². The van der Waals surface area contributed by atoms with Gasteiger partial charge in [-0.15, -0.1) is 0 Å². The second-order valence-corrected chi connectivity index (χ2v) is 5.92. The van der Waals surface area contributed by atoms with Crippen LogP contribution in [0.4, 0.5) is 0 Å². The number of hydrogen-bond acceptors (Lipinski definition) is 3. The number of nitrogens with zero attached hydrogens (tertiary/aromatic N) is 2. The first-order chi connectivity index (χ1) is 8.67. The van der Waals surface area contributed by atoms with E-state index in [4.69, 9.17) is 5.84 Å². The maximum atomic E-state index is 5.73. The molecule has 18 heavy (non-hydrogen) atoms. The molecule has 1 heterocycles. The van der Waals surface area contributed by atoms with Crippen molar-refractivity contribution >= 4 is 38.5 Å². The van der Waals surface area contributed by atoms with Crippen molar-refractivity contribution in [2.75, 3.05) is 0 Å². The van der Waals surface area contributed by atoms with Gasteiger partial charge in [0.1, 0.15) is 0 Å². The minimum absolute atomic E-state index is 0.0585. The lowest BCUT2D eigenvalue weighted by Crippen LogP contribution is -2.31. The molecule has 1 aromatic heterocycles. The lowest BCUT2D eigenvalue weighted by Gasteiger charge is -2.19. The summed E-state index contributed by atoms with van der Waals surface area (Å²) in [5.41, 5.74) is 5.08. The molecule has 96 valence electrons. The highest BCUT2D eigenvalue weighted by atomic mass is 127. The number of nitrogens with one attached hydrogen (secondary N) is 1. The Bertz CT molecular complexity index is 541.